The molecule has 2 heterocycles. The highest BCUT2D eigenvalue weighted by Crippen LogP contribution is 2.41. The van der Waals surface area contributed by atoms with Crippen LogP contribution in [0.2, 0.25) is 0 Å². The van der Waals surface area contributed by atoms with Crippen LogP contribution < -0.4 is 10.6 Å². The highest BCUT2D eigenvalue weighted by Gasteiger charge is 2.29. The van der Waals surface area contributed by atoms with Crippen LogP contribution >= 0.6 is 0 Å². The molecule has 0 radical (unpaired) electrons. The minimum absolute atomic E-state index is 0.103. The van der Waals surface area contributed by atoms with E-state index in [1.807, 2.05) is 36.4 Å². The maximum atomic E-state index is 13.2. The molecule has 2 fully saturated rings. The summed E-state index contributed by atoms with van der Waals surface area (Å²) in [5.74, 6) is 0.398. The monoisotopic (exact) mass is 432 g/mol. The van der Waals surface area contributed by atoms with Crippen LogP contribution in [0.15, 0.2) is 40.9 Å². The molecule has 5 rings (SSSR count). The molecule has 0 aliphatic heterocycles. The van der Waals surface area contributed by atoms with Crippen LogP contribution in [0, 0.1) is 5.92 Å². The van der Waals surface area contributed by atoms with Gasteiger partial charge in [0.2, 0.25) is 5.91 Å². The molecule has 3 aromatic rings. The lowest BCUT2D eigenvalue weighted by molar-refractivity contribution is -0.125. The van der Waals surface area contributed by atoms with Gasteiger partial charge in [0.1, 0.15) is 5.69 Å². The first-order valence-corrected chi connectivity index (χ1v) is 11.6. The number of hydrogen-bond acceptors (Lipinski definition) is 5. The Kier molecular flexibility index (Phi) is 5.88. The first kappa shape index (κ1) is 20.7. The summed E-state index contributed by atoms with van der Waals surface area (Å²) in [6.07, 6.45) is 7.55. The second-order valence-electron chi connectivity index (χ2n) is 8.83. The lowest BCUT2D eigenvalue weighted by Crippen LogP contribution is -2.38. The topological polar surface area (TPSA) is 97.1 Å². The first-order chi connectivity index (χ1) is 15.7. The Morgan fingerprint density at radius 1 is 0.969 bits per heavy atom. The number of fused-ring (bicyclic) bond motifs is 1. The van der Waals surface area contributed by atoms with Crippen molar-refractivity contribution in [1.82, 2.24) is 20.8 Å². The molecule has 32 heavy (non-hydrogen) atoms. The van der Waals surface area contributed by atoms with Crippen LogP contribution in [-0.2, 0) is 4.79 Å². The molecular formula is C25H28N4O3. The third kappa shape index (κ3) is 4.38. The Morgan fingerprint density at radius 3 is 2.47 bits per heavy atom. The van der Waals surface area contributed by atoms with Crippen LogP contribution in [0.3, 0.4) is 0 Å². The van der Waals surface area contributed by atoms with Crippen LogP contribution in [0.25, 0.3) is 22.4 Å². The van der Waals surface area contributed by atoms with E-state index < -0.39 is 0 Å². The molecule has 7 nitrogen and oxygen atoms in total. The fourth-order valence-corrected chi connectivity index (χ4v) is 4.50. The molecule has 2 saturated carbocycles. The molecule has 2 N–H and O–H groups in total. The summed E-state index contributed by atoms with van der Waals surface area (Å²) in [7, 11) is 0. The predicted octanol–water partition coefficient (Wildman–Crippen LogP) is 4.19. The average molecular weight is 433 g/mol. The minimum atomic E-state index is -0.202. The van der Waals surface area contributed by atoms with Crippen molar-refractivity contribution >= 4 is 22.9 Å². The molecule has 7 heteroatoms. The summed E-state index contributed by atoms with van der Waals surface area (Å²) < 4.78 is 5.54. The van der Waals surface area contributed by atoms with Gasteiger partial charge in [-0.1, -0.05) is 54.8 Å². The molecule has 2 aliphatic carbocycles. The Bertz CT molecular complexity index is 1110. The van der Waals surface area contributed by atoms with Gasteiger partial charge in [-0.15, -0.1) is 0 Å². The summed E-state index contributed by atoms with van der Waals surface area (Å²) >= 11 is 0. The van der Waals surface area contributed by atoms with E-state index in [2.05, 4.69) is 20.8 Å². The van der Waals surface area contributed by atoms with E-state index in [0.29, 0.717) is 41.4 Å². The summed E-state index contributed by atoms with van der Waals surface area (Å²) in [4.78, 5) is 30.1. The average Bonchev–Trinajstić information content (AvgIpc) is 3.61. The van der Waals surface area contributed by atoms with Crippen LogP contribution in [0.4, 0.5) is 0 Å². The molecular weight excluding hydrogens is 404 g/mol. The van der Waals surface area contributed by atoms with Crippen molar-refractivity contribution < 1.29 is 14.1 Å². The van der Waals surface area contributed by atoms with Gasteiger partial charge >= 0.3 is 0 Å². The maximum Gasteiger partial charge on any atom is 0.259 e. The third-order valence-electron chi connectivity index (χ3n) is 6.44. The molecule has 0 unspecified atom stereocenters. The fourth-order valence-electron chi connectivity index (χ4n) is 4.50. The molecule has 0 saturated heterocycles. The number of pyridine rings is 1. The quantitative estimate of drug-likeness (QED) is 0.546. The predicted molar refractivity (Wildman–Crippen MR) is 121 cm³/mol. The van der Waals surface area contributed by atoms with E-state index in [4.69, 9.17) is 4.52 Å². The largest absolute Gasteiger partial charge is 0.354 e. The van der Waals surface area contributed by atoms with Gasteiger partial charge in [-0.2, -0.15) is 0 Å². The van der Waals surface area contributed by atoms with Crippen LogP contribution in [0.1, 0.15) is 66.9 Å². The van der Waals surface area contributed by atoms with Crippen LogP contribution in [-0.4, -0.2) is 35.0 Å². The number of nitrogens with zero attached hydrogens (tertiary/aromatic N) is 2. The van der Waals surface area contributed by atoms with Crippen molar-refractivity contribution in [3.05, 3.63) is 47.7 Å². The normalized spacial score (nSPS) is 16.8. The van der Waals surface area contributed by atoms with E-state index >= 15 is 0 Å². The lowest BCUT2D eigenvalue weighted by atomic mass is 9.89. The second-order valence-corrected chi connectivity index (χ2v) is 8.83. The maximum absolute atomic E-state index is 13.2. The van der Waals surface area contributed by atoms with Gasteiger partial charge in [0.05, 0.1) is 10.9 Å². The number of carbonyl (C=O) groups is 2. The minimum Gasteiger partial charge on any atom is -0.354 e. The highest BCUT2D eigenvalue weighted by molar-refractivity contribution is 6.09. The molecule has 0 spiro atoms. The standard InChI is InChI=1S/C25H28N4O3/c30-23(18-9-5-2-6-10-18)26-13-14-27-24(31)19-15-20(16-11-12-16)28-25-21(19)22(29-32-25)17-7-3-1-4-8-17/h1,3-4,7-8,15-16,18H,2,5-6,9-14H2,(H,26,30)(H,27,31). The van der Waals surface area contributed by atoms with Crippen LogP contribution in [0.5, 0.6) is 0 Å². The van der Waals surface area contributed by atoms with E-state index in [9.17, 15) is 9.59 Å². The van der Waals surface area contributed by atoms with Gasteiger partial charge in [0.25, 0.3) is 11.6 Å². The van der Waals surface area contributed by atoms with Crippen molar-refractivity contribution in [1.29, 1.82) is 0 Å². The first-order valence-electron chi connectivity index (χ1n) is 11.6. The van der Waals surface area contributed by atoms with Gasteiger partial charge in [-0.3, -0.25) is 9.59 Å². The van der Waals surface area contributed by atoms with Gasteiger partial charge in [-0.25, -0.2) is 4.98 Å². The summed E-state index contributed by atoms with van der Waals surface area (Å²) in [6, 6.07) is 11.5. The fraction of sp³-hybridized carbons (Fsp3) is 0.440. The van der Waals surface area contributed by atoms with Crippen molar-refractivity contribution in [3.8, 4) is 11.3 Å². The van der Waals surface area contributed by atoms with E-state index in [1.165, 1.54) is 6.42 Å². The number of rotatable bonds is 7. The number of benzene rings is 1. The van der Waals surface area contributed by atoms with Gasteiger partial charge in [0, 0.05) is 36.2 Å². The second kappa shape index (κ2) is 9.10. The van der Waals surface area contributed by atoms with E-state index in [-0.39, 0.29) is 17.7 Å². The Labute approximate surface area is 187 Å². The van der Waals surface area contributed by atoms with Crippen molar-refractivity contribution in [2.24, 2.45) is 5.92 Å². The number of nitrogens with one attached hydrogen (secondary N) is 2. The van der Waals surface area contributed by atoms with E-state index in [0.717, 1.165) is 49.8 Å². The van der Waals surface area contributed by atoms with Crippen molar-refractivity contribution in [2.75, 3.05) is 13.1 Å². The molecule has 2 aliphatic rings. The zero-order valence-electron chi connectivity index (χ0n) is 18.1. The van der Waals surface area contributed by atoms with Gasteiger partial charge < -0.3 is 15.2 Å². The lowest BCUT2D eigenvalue weighted by Gasteiger charge is -2.20. The Hall–Kier alpha value is -3.22. The van der Waals surface area contributed by atoms with Gasteiger partial charge in [-0.05, 0) is 31.7 Å². The molecule has 0 bridgehead atoms. The SMILES string of the molecule is O=C(NCCNC(=O)C1CCCCC1)c1cc(C2CC2)nc2onc(-c3ccccc3)c12. The summed E-state index contributed by atoms with van der Waals surface area (Å²) in [5.41, 5.74) is 3.29. The third-order valence-corrected chi connectivity index (χ3v) is 6.44. The zero-order chi connectivity index (χ0) is 21.9. The number of carbonyl (C=O) groups excluding carboxylic acids is 2. The molecule has 1 aromatic carbocycles. The Morgan fingerprint density at radius 2 is 1.72 bits per heavy atom. The van der Waals surface area contributed by atoms with Crippen molar-refractivity contribution in [3.63, 3.8) is 0 Å². The summed E-state index contributed by atoms with van der Waals surface area (Å²) in [6.45, 7) is 0.784. The smallest absolute Gasteiger partial charge is 0.259 e. The number of amides is 2. The molecule has 2 amide bonds. The summed E-state index contributed by atoms with van der Waals surface area (Å²) in [5, 5.41) is 10.8. The number of aromatic nitrogens is 2. The van der Waals surface area contributed by atoms with Gasteiger partial charge in [0.15, 0.2) is 0 Å². The highest BCUT2D eigenvalue weighted by atomic mass is 16.5. The van der Waals surface area contributed by atoms with E-state index in [1.54, 1.807) is 0 Å². The molecule has 166 valence electrons. The molecule has 2 aromatic heterocycles. The Balaban J connectivity index is 1.32. The number of hydrogen-bond donors (Lipinski definition) is 2. The zero-order valence-corrected chi connectivity index (χ0v) is 18.1. The van der Waals surface area contributed by atoms with Crippen molar-refractivity contribution in [2.45, 2.75) is 50.9 Å². The molecule has 0 atom stereocenters.